The van der Waals surface area contributed by atoms with Gasteiger partial charge in [-0.05, 0) is 38.1 Å². The smallest absolute Gasteiger partial charge is 0.257 e. The number of morpholine rings is 1. The number of nitrogens with one attached hydrogen (secondary N) is 1. The SMILES string of the molecule is Cc1noc(-c2ccc(C(=O)NC[C@H](C)N3CCOCC3)cc2)n1. The number of aryl methyl sites for hydroxylation is 1. The van der Waals surface area contributed by atoms with Crippen LogP contribution in [0.2, 0.25) is 0 Å². The van der Waals surface area contributed by atoms with E-state index in [9.17, 15) is 4.79 Å². The summed E-state index contributed by atoms with van der Waals surface area (Å²) in [7, 11) is 0. The van der Waals surface area contributed by atoms with Gasteiger partial charge in [0.2, 0.25) is 0 Å². The number of amides is 1. The quantitative estimate of drug-likeness (QED) is 0.895. The van der Waals surface area contributed by atoms with Gasteiger partial charge in [0.1, 0.15) is 0 Å². The molecule has 1 amide bonds. The Labute approximate surface area is 141 Å². The molecule has 0 saturated carbocycles. The second-order valence-corrected chi connectivity index (χ2v) is 5.93. The molecule has 0 aliphatic carbocycles. The van der Waals surface area contributed by atoms with Gasteiger partial charge in [0, 0.05) is 36.8 Å². The Morgan fingerprint density at radius 2 is 2.00 bits per heavy atom. The van der Waals surface area contributed by atoms with Crippen molar-refractivity contribution in [2.75, 3.05) is 32.8 Å². The van der Waals surface area contributed by atoms with Crippen LogP contribution in [0.3, 0.4) is 0 Å². The van der Waals surface area contributed by atoms with E-state index in [2.05, 4.69) is 27.3 Å². The van der Waals surface area contributed by atoms with Crippen molar-refractivity contribution in [1.82, 2.24) is 20.4 Å². The van der Waals surface area contributed by atoms with Crippen molar-refractivity contribution >= 4 is 5.91 Å². The van der Waals surface area contributed by atoms with E-state index in [-0.39, 0.29) is 5.91 Å². The van der Waals surface area contributed by atoms with E-state index in [0.29, 0.717) is 29.9 Å². The van der Waals surface area contributed by atoms with Gasteiger partial charge in [-0.3, -0.25) is 9.69 Å². The van der Waals surface area contributed by atoms with Crippen LogP contribution in [0.4, 0.5) is 0 Å². The minimum atomic E-state index is -0.0802. The normalized spacial score (nSPS) is 16.8. The highest BCUT2D eigenvalue weighted by molar-refractivity contribution is 5.94. The zero-order chi connectivity index (χ0) is 16.9. The maximum atomic E-state index is 12.3. The maximum Gasteiger partial charge on any atom is 0.257 e. The number of carbonyl (C=O) groups is 1. The Kier molecular flexibility index (Phi) is 5.22. The lowest BCUT2D eigenvalue weighted by Crippen LogP contribution is -2.47. The lowest BCUT2D eigenvalue weighted by atomic mass is 10.1. The number of rotatable bonds is 5. The Balaban J connectivity index is 1.55. The molecule has 1 atom stereocenters. The third-order valence-electron chi connectivity index (χ3n) is 4.15. The molecule has 7 nitrogen and oxygen atoms in total. The summed E-state index contributed by atoms with van der Waals surface area (Å²) < 4.78 is 10.5. The lowest BCUT2D eigenvalue weighted by molar-refractivity contribution is 0.0204. The Hall–Kier alpha value is -2.25. The van der Waals surface area contributed by atoms with Gasteiger partial charge in [0.25, 0.3) is 11.8 Å². The summed E-state index contributed by atoms with van der Waals surface area (Å²) in [4.78, 5) is 18.8. The topological polar surface area (TPSA) is 80.5 Å². The van der Waals surface area contributed by atoms with Crippen LogP contribution in [0.25, 0.3) is 11.5 Å². The number of hydrogen-bond donors (Lipinski definition) is 1. The van der Waals surface area contributed by atoms with E-state index in [0.717, 1.165) is 31.9 Å². The van der Waals surface area contributed by atoms with Crippen molar-refractivity contribution in [3.63, 3.8) is 0 Å². The summed E-state index contributed by atoms with van der Waals surface area (Å²) in [6, 6.07) is 7.45. The first-order valence-electron chi connectivity index (χ1n) is 8.14. The van der Waals surface area contributed by atoms with Crippen LogP contribution in [0.15, 0.2) is 28.8 Å². The van der Waals surface area contributed by atoms with Crippen molar-refractivity contribution in [2.24, 2.45) is 0 Å². The van der Waals surface area contributed by atoms with Crippen LogP contribution >= 0.6 is 0 Å². The minimum absolute atomic E-state index is 0.0802. The van der Waals surface area contributed by atoms with Crippen LogP contribution in [-0.4, -0.2) is 59.8 Å². The zero-order valence-electron chi connectivity index (χ0n) is 14.0. The third-order valence-corrected chi connectivity index (χ3v) is 4.15. The highest BCUT2D eigenvalue weighted by atomic mass is 16.5. The molecule has 0 radical (unpaired) electrons. The summed E-state index contributed by atoms with van der Waals surface area (Å²) in [6.07, 6.45) is 0. The van der Waals surface area contributed by atoms with E-state index in [4.69, 9.17) is 9.26 Å². The van der Waals surface area contributed by atoms with Gasteiger partial charge in [0.05, 0.1) is 13.2 Å². The predicted molar refractivity (Wildman–Crippen MR) is 88.7 cm³/mol. The summed E-state index contributed by atoms with van der Waals surface area (Å²) >= 11 is 0. The number of aromatic nitrogens is 2. The van der Waals surface area contributed by atoms with Crippen LogP contribution in [-0.2, 0) is 4.74 Å². The molecular weight excluding hydrogens is 308 g/mol. The van der Waals surface area contributed by atoms with Crippen LogP contribution < -0.4 is 5.32 Å². The van der Waals surface area contributed by atoms with Gasteiger partial charge in [0.15, 0.2) is 5.82 Å². The van der Waals surface area contributed by atoms with Crippen molar-refractivity contribution in [3.05, 3.63) is 35.7 Å². The predicted octanol–water partition coefficient (Wildman–Crippen LogP) is 1.50. The van der Waals surface area contributed by atoms with E-state index < -0.39 is 0 Å². The molecule has 24 heavy (non-hydrogen) atoms. The standard InChI is InChI=1S/C17H22N4O3/c1-12(21-7-9-23-10-8-21)11-18-16(22)14-3-5-15(6-4-14)17-19-13(2)20-24-17/h3-6,12H,7-11H2,1-2H3,(H,18,22)/t12-/m0/s1. The van der Waals surface area contributed by atoms with Gasteiger partial charge in [-0.2, -0.15) is 4.98 Å². The molecule has 2 heterocycles. The van der Waals surface area contributed by atoms with E-state index in [1.54, 1.807) is 19.1 Å². The molecule has 0 spiro atoms. The van der Waals surface area contributed by atoms with Crippen molar-refractivity contribution in [2.45, 2.75) is 19.9 Å². The largest absolute Gasteiger partial charge is 0.379 e. The second kappa shape index (κ2) is 7.55. The number of benzene rings is 1. The summed E-state index contributed by atoms with van der Waals surface area (Å²) in [5, 5.41) is 6.75. The Bertz CT molecular complexity index is 677. The number of nitrogens with zero attached hydrogens (tertiary/aromatic N) is 3. The fraction of sp³-hybridized carbons (Fsp3) is 0.471. The van der Waals surface area contributed by atoms with Gasteiger partial charge < -0.3 is 14.6 Å². The Morgan fingerprint density at radius 3 is 2.62 bits per heavy atom. The number of hydrogen-bond acceptors (Lipinski definition) is 6. The first-order chi connectivity index (χ1) is 11.6. The molecule has 2 aromatic rings. The molecule has 1 aliphatic heterocycles. The summed E-state index contributed by atoms with van der Waals surface area (Å²) in [6.45, 7) is 7.84. The van der Waals surface area contributed by atoms with Gasteiger partial charge in [-0.25, -0.2) is 0 Å². The molecule has 1 aromatic heterocycles. The van der Waals surface area contributed by atoms with E-state index >= 15 is 0 Å². The molecule has 7 heteroatoms. The van der Waals surface area contributed by atoms with Crippen molar-refractivity contribution in [1.29, 1.82) is 0 Å². The van der Waals surface area contributed by atoms with Crippen LogP contribution in [0, 0.1) is 6.92 Å². The lowest BCUT2D eigenvalue weighted by Gasteiger charge is -2.32. The monoisotopic (exact) mass is 330 g/mol. The average Bonchev–Trinajstić information content (AvgIpc) is 3.06. The first-order valence-corrected chi connectivity index (χ1v) is 8.14. The number of ether oxygens (including phenoxy) is 1. The molecule has 3 rings (SSSR count). The molecule has 1 saturated heterocycles. The maximum absolute atomic E-state index is 12.3. The fourth-order valence-corrected chi connectivity index (χ4v) is 2.67. The fourth-order valence-electron chi connectivity index (χ4n) is 2.67. The van der Waals surface area contributed by atoms with E-state index in [1.807, 2.05) is 12.1 Å². The van der Waals surface area contributed by atoms with Crippen LogP contribution in [0.1, 0.15) is 23.1 Å². The summed E-state index contributed by atoms with van der Waals surface area (Å²) in [5.41, 5.74) is 1.41. The molecule has 128 valence electrons. The molecule has 0 bridgehead atoms. The third kappa shape index (κ3) is 3.98. The van der Waals surface area contributed by atoms with Crippen LogP contribution in [0.5, 0.6) is 0 Å². The number of carbonyl (C=O) groups excluding carboxylic acids is 1. The molecule has 1 aliphatic rings. The zero-order valence-corrected chi connectivity index (χ0v) is 14.0. The highest BCUT2D eigenvalue weighted by Gasteiger charge is 2.18. The first kappa shape index (κ1) is 16.6. The average molecular weight is 330 g/mol. The molecule has 0 unspecified atom stereocenters. The minimum Gasteiger partial charge on any atom is -0.379 e. The second-order valence-electron chi connectivity index (χ2n) is 5.93. The van der Waals surface area contributed by atoms with Gasteiger partial charge in [-0.1, -0.05) is 5.16 Å². The summed E-state index contributed by atoms with van der Waals surface area (Å²) in [5.74, 6) is 0.965. The molecule has 1 N–H and O–H groups in total. The van der Waals surface area contributed by atoms with Crippen molar-refractivity contribution in [3.8, 4) is 11.5 Å². The van der Waals surface area contributed by atoms with Gasteiger partial charge >= 0.3 is 0 Å². The molecular formula is C17H22N4O3. The molecule has 1 fully saturated rings. The molecule has 1 aromatic carbocycles. The van der Waals surface area contributed by atoms with E-state index in [1.165, 1.54) is 0 Å². The van der Waals surface area contributed by atoms with Gasteiger partial charge in [-0.15, -0.1) is 0 Å². The van der Waals surface area contributed by atoms with Crippen molar-refractivity contribution < 1.29 is 14.1 Å². The highest BCUT2D eigenvalue weighted by Crippen LogP contribution is 2.17. The Morgan fingerprint density at radius 1 is 1.29 bits per heavy atom.